The molecule has 0 atom stereocenters. The lowest BCUT2D eigenvalue weighted by Gasteiger charge is -2.19. The third-order valence-electron chi connectivity index (χ3n) is 2.49. The first kappa shape index (κ1) is 18.2. The minimum absolute atomic E-state index is 0.108. The van der Waals surface area contributed by atoms with Crippen molar-refractivity contribution in [3.05, 3.63) is 24.3 Å². The predicted molar refractivity (Wildman–Crippen MR) is 80.2 cm³/mol. The maximum absolute atomic E-state index is 11.8. The SMILES string of the molecule is CC/C=C/CCOC(=O)N(CC/C=C/CC)CC(N)=O. The molecule has 0 bridgehead atoms. The normalized spacial score (nSPS) is 11.1. The zero-order chi connectivity index (χ0) is 15.2. The van der Waals surface area contributed by atoms with Crippen LogP contribution in [0.2, 0.25) is 0 Å². The molecule has 20 heavy (non-hydrogen) atoms. The van der Waals surface area contributed by atoms with Crippen LogP contribution in [-0.4, -0.2) is 36.6 Å². The van der Waals surface area contributed by atoms with Crippen LogP contribution in [0.3, 0.4) is 0 Å². The number of nitrogens with two attached hydrogens (primary N) is 1. The summed E-state index contributed by atoms with van der Waals surface area (Å²) in [5.74, 6) is -0.535. The summed E-state index contributed by atoms with van der Waals surface area (Å²) < 4.78 is 5.11. The fourth-order valence-corrected chi connectivity index (χ4v) is 1.53. The molecule has 0 saturated carbocycles. The van der Waals surface area contributed by atoms with Crippen LogP contribution in [0.15, 0.2) is 24.3 Å². The first-order valence-corrected chi connectivity index (χ1v) is 7.11. The number of carbonyl (C=O) groups is 2. The zero-order valence-electron chi connectivity index (χ0n) is 12.5. The van der Waals surface area contributed by atoms with Gasteiger partial charge in [0.15, 0.2) is 0 Å². The molecule has 0 radical (unpaired) electrons. The molecule has 2 amide bonds. The van der Waals surface area contributed by atoms with Crippen molar-refractivity contribution in [2.75, 3.05) is 19.7 Å². The summed E-state index contributed by atoms with van der Waals surface area (Å²) in [7, 11) is 0. The van der Waals surface area contributed by atoms with Crippen molar-refractivity contribution in [2.45, 2.75) is 39.5 Å². The van der Waals surface area contributed by atoms with E-state index in [4.69, 9.17) is 10.5 Å². The second-order valence-corrected chi connectivity index (χ2v) is 4.34. The van der Waals surface area contributed by atoms with Gasteiger partial charge in [0, 0.05) is 6.54 Å². The second kappa shape index (κ2) is 12.3. The number of primary amides is 1. The van der Waals surface area contributed by atoms with Crippen LogP contribution >= 0.6 is 0 Å². The third kappa shape index (κ3) is 10.2. The molecule has 0 aromatic rings. The van der Waals surface area contributed by atoms with Gasteiger partial charge in [-0.25, -0.2) is 4.79 Å². The zero-order valence-corrected chi connectivity index (χ0v) is 12.5. The molecule has 0 aromatic carbocycles. The summed E-state index contributed by atoms with van der Waals surface area (Å²) in [6.07, 6.45) is 10.8. The second-order valence-electron chi connectivity index (χ2n) is 4.34. The Kier molecular flexibility index (Phi) is 11.2. The van der Waals surface area contributed by atoms with E-state index in [2.05, 4.69) is 0 Å². The molecule has 114 valence electrons. The molecule has 0 spiro atoms. The monoisotopic (exact) mass is 282 g/mol. The van der Waals surface area contributed by atoms with E-state index in [-0.39, 0.29) is 6.54 Å². The quantitative estimate of drug-likeness (QED) is 0.494. The number of carbonyl (C=O) groups excluding carboxylic acids is 2. The van der Waals surface area contributed by atoms with Crippen LogP contribution in [-0.2, 0) is 9.53 Å². The Morgan fingerprint density at radius 1 is 1.05 bits per heavy atom. The molecule has 5 nitrogen and oxygen atoms in total. The van der Waals surface area contributed by atoms with Crippen LogP contribution in [0.4, 0.5) is 4.79 Å². The molecule has 0 aliphatic carbocycles. The van der Waals surface area contributed by atoms with Gasteiger partial charge in [-0.15, -0.1) is 0 Å². The highest BCUT2D eigenvalue weighted by molar-refractivity contribution is 5.80. The van der Waals surface area contributed by atoms with Crippen LogP contribution in [0, 0.1) is 0 Å². The predicted octanol–water partition coefficient (Wildman–Crippen LogP) is 2.62. The number of allylic oxidation sites excluding steroid dienone is 2. The van der Waals surface area contributed by atoms with Gasteiger partial charge >= 0.3 is 6.09 Å². The van der Waals surface area contributed by atoms with E-state index in [0.717, 1.165) is 12.8 Å². The van der Waals surface area contributed by atoms with Crippen LogP contribution in [0.5, 0.6) is 0 Å². The van der Waals surface area contributed by atoms with Crippen molar-refractivity contribution in [1.82, 2.24) is 4.90 Å². The maximum atomic E-state index is 11.8. The van der Waals surface area contributed by atoms with Crippen molar-refractivity contribution >= 4 is 12.0 Å². The van der Waals surface area contributed by atoms with Gasteiger partial charge in [0.1, 0.15) is 6.54 Å². The van der Waals surface area contributed by atoms with Crippen molar-refractivity contribution in [1.29, 1.82) is 0 Å². The Morgan fingerprint density at radius 3 is 2.20 bits per heavy atom. The Balaban J connectivity index is 4.16. The molecule has 0 saturated heterocycles. The van der Waals surface area contributed by atoms with E-state index >= 15 is 0 Å². The Bertz CT molecular complexity index is 338. The first-order valence-electron chi connectivity index (χ1n) is 7.11. The average Bonchev–Trinajstić information content (AvgIpc) is 2.41. The standard InChI is InChI=1S/C15H26N2O3/c1-3-5-7-9-11-17(13-14(16)18)15(19)20-12-10-8-6-4-2/h5-8H,3-4,9-13H2,1-2H3,(H2,16,18)/b7-5+,8-6+. The van der Waals surface area contributed by atoms with Crippen molar-refractivity contribution in [2.24, 2.45) is 5.73 Å². The molecular weight excluding hydrogens is 256 g/mol. The highest BCUT2D eigenvalue weighted by Gasteiger charge is 2.15. The number of nitrogens with zero attached hydrogens (tertiary/aromatic N) is 1. The Labute approximate surface area is 121 Å². The van der Waals surface area contributed by atoms with Gasteiger partial charge in [-0.05, 0) is 25.7 Å². The molecule has 2 N–H and O–H groups in total. The molecule has 0 fully saturated rings. The number of hydrogen-bond acceptors (Lipinski definition) is 3. The van der Waals surface area contributed by atoms with E-state index in [1.54, 1.807) is 0 Å². The van der Waals surface area contributed by atoms with Crippen molar-refractivity contribution in [3.63, 3.8) is 0 Å². The molecule has 5 heteroatoms. The van der Waals surface area contributed by atoms with Gasteiger partial charge in [-0.3, -0.25) is 9.69 Å². The van der Waals surface area contributed by atoms with Gasteiger partial charge in [0.05, 0.1) is 6.61 Å². The minimum Gasteiger partial charge on any atom is -0.449 e. The van der Waals surface area contributed by atoms with E-state index in [1.165, 1.54) is 4.90 Å². The molecule has 0 aromatic heterocycles. The van der Waals surface area contributed by atoms with E-state index < -0.39 is 12.0 Å². The number of amides is 2. The highest BCUT2D eigenvalue weighted by Crippen LogP contribution is 1.99. The molecule has 0 unspecified atom stereocenters. The Hall–Kier alpha value is -1.78. The number of rotatable bonds is 10. The first-order chi connectivity index (χ1) is 9.61. The summed E-state index contributed by atoms with van der Waals surface area (Å²) in [5, 5.41) is 0. The minimum atomic E-state index is -0.535. The molecule has 0 aliphatic heterocycles. The highest BCUT2D eigenvalue weighted by atomic mass is 16.6. The summed E-state index contributed by atoms with van der Waals surface area (Å²) in [4.78, 5) is 24.1. The smallest absolute Gasteiger partial charge is 0.410 e. The Morgan fingerprint density at radius 2 is 1.65 bits per heavy atom. The van der Waals surface area contributed by atoms with Crippen LogP contribution in [0.1, 0.15) is 39.5 Å². The summed E-state index contributed by atoms with van der Waals surface area (Å²) in [5.41, 5.74) is 5.14. The van der Waals surface area contributed by atoms with Crippen LogP contribution < -0.4 is 5.73 Å². The van der Waals surface area contributed by atoms with E-state index in [9.17, 15) is 9.59 Å². The lowest BCUT2D eigenvalue weighted by Crippen LogP contribution is -2.39. The lowest BCUT2D eigenvalue weighted by atomic mass is 10.3. The molecule has 0 aliphatic rings. The number of ether oxygens (including phenoxy) is 1. The van der Waals surface area contributed by atoms with E-state index in [1.807, 2.05) is 38.2 Å². The van der Waals surface area contributed by atoms with Gasteiger partial charge in [-0.1, -0.05) is 38.2 Å². The van der Waals surface area contributed by atoms with Gasteiger partial charge in [-0.2, -0.15) is 0 Å². The molecule has 0 heterocycles. The summed E-state index contributed by atoms with van der Waals surface area (Å²) >= 11 is 0. The largest absolute Gasteiger partial charge is 0.449 e. The van der Waals surface area contributed by atoms with Crippen molar-refractivity contribution in [3.8, 4) is 0 Å². The van der Waals surface area contributed by atoms with E-state index in [0.29, 0.717) is 26.0 Å². The number of hydrogen-bond donors (Lipinski definition) is 1. The fraction of sp³-hybridized carbons (Fsp3) is 0.600. The van der Waals surface area contributed by atoms with Gasteiger partial charge < -0.3 is 10.5 Å². The summed E-state index contributed by atoms with van der Waals surface area (Å²) in [6.45, 7) is 4.72. The fourth-order valence-electron chi connectivity index (χ4n) is 1.53. The topological polar surface area (TPSA) is 72.6 Å². The lowest BCUT2D eigenvalue weighted by molar-refractivity contribution is -0.118. The summed E-state index contributed by atoms with van der Waals surface area (Å²) in [6, 6.07) is 0. The van der Waals surface area contributed by atoms with Crippen LogP contribution in [0.25, 0.3) is 0 Å². The molecule has 0 rings (SSSR count). The third-order valence-corrected chi connectivity index (χ3v) is 2.49. The average molecular weight is 282 g/mol. The van der Waals surface area contributed by atoms with Gasteiger partial charge in [0.2, 0.25) is 5.91 Å². The van der Waals surface area contributed by atoms with Crippen molar-refractivity contribution < 1.29 is 14.3 Å². The molecular formula is C15H26N2O3. The van der Waals surface area contributed by atoms with Gasteiger partial charge in [0.25, 0.3) is 0 Å². The maximum Gasteiger partial charge on any atom is 0.410 e.